The van der Waals surface area contributed by atoms with E-state index < -0.39 is 10.9 Å². The van der Waals surface area contributed by atoms with E-state index in [1.54, 1.807) is 0 Å². The van der Waals surface area contributed by atoms with Crippen LogP contribution in [0.15, 0.2) is 15.7 Å². The Balaban J connectivity index is 2.18. The summed E-state index contributed by atoms with van der Waals surface area (Å²) in [6.07, 6.45) is 2.21. The summed E-state index contributed by atoms with van der Waals surface area (Å²) in [6, 6.07) is 1.32. The maximum Gasteiger partial charge on any atom is 0.248 e. The second kappa shape index (κ2) is 5.66. The molecule has 0 radical (unpaired) electrons. The van der Waals surface area contributed by atoms with Crippen molar-refractivity contribution in [1.82, 2.24) is 0 Å². The molecule has 0 saturated carbocycles. The number of unbranched alkanes of at least 4 members (excludes halogenated alkanes) is 1. The van der Waals surface area contributed by atoms with Gasteiger partial charge < -0.3 is 10.1 Å². The second-order valence-corrected chi connectivity index (χ2v) is 3.67. The first kappa shape index (κ1) is 11.9. The van der Waals surface area contributed by atoms with Gasteiger partial charge in [0.15, 0.2) is 0 Å². The van der Waals surface area contributed by atoms with Crippen molar-refractivity contribution in [3.8, 4) is 0 Å². The van der Waals surface area contributed by atoms with Crippen LogP contribution in [-0.4, -0.2) is 19.3 Å². The molecule has 0 fully saturated rings. The van der Waals surface area contributed by atoms with Crippen molar-refractivity contribution < 1.29 is 4.74 Å². The third-order valence-electron chi connectivity index (χ3n) is 2.22. The Morgan fingerprint density at radius 2 is 2.20 bits per heavy atom. The van der Waals surface area contributed by atoms with Crippen LogP contribution in [0.5, 0.6) is 0 Å². The van der Waals surface area contributed by atoms with Crippen molar-refractivity contribution in [2.24, 2.45) is 0 Å². The molecule has 0 spiro atoms. The highest BCUT2D eigenvalue weighted by atomic mass is 16.5. The quantitative estimate of drug-likeness (QED) is 0.538. The predicted octanol–water partition coefficient (Wildman–Crippen LogP) is 0.900. The summed E-state index contributed by atoms with van der Waals surface area (Å²) >= 11 is 0. The van der Waals surface area contributed by atoms with Gasteiger partial charge in [0.2, 0.25) is 10.9 Å². The minimum atomic E-state index is -0.421. The lowest BCUT2D eigenvalue weighted by atomic mass is 10.2. The highest BCUT2D eigenvalue weighted by molar-refractivity contribution is 5.47. The number of hydrogen-bond acceptors (Lipinski definition) is 4. The molecule has 1 aromatic rings. The number of ether oxygens (including phenoxy) is 1. The normalized spacial score (nSPS) is 12.9. The first-order valence-electron chi connectivity index (χ1n) is 5.31. The zero-order chi connectivity index (χ0) is 11.3. The van der Waals surface area contributed by atoms with Crippen molar-refractivity contribution in [3.63, 3.8) is 0 Å². The van der Waals surface area contributed by atoms with Crippen LogP contribution < -0.4 is 16.2 Å². The van der Waals surface area contributed by atoms with Gasteiger partial charge in [-0.1, -0.05) is 13.3 Å². The number of nitrogens with one attached hydrogen (secondary N) is 1. The van der Waals surface area contributed by atoms with Crippen LogP contribution >= 0.6 is 0 Å². The summed E-state index contributed by atoms with van der Waals surface area (Å²) in [6.45, 7) is 5.35. The Bertz CT molecular complexity index is 365. The van der Waals surface area contributed by atoms with Gasteiger partial charge in [-0.05, 0) is 13.3 Å². The highest BCUT2D eigenvalue weighted by Crippen LogP contribution is 1.99. The first-order chi connectivity index (χ1) is 7.15. The van der Waals surface area contributed by atoms with E-state index in [2.05, 4.69) is 12.2 Å². The molecule has 0 aliphatic heterocycles. The molecular formula is C11H17NO3. The minimum absolute atomic E-state index is 0.0564. The van der Waals surface area contributed by atoms with Crippen molar-refractivity contribution in [1.29, 1.82) is 0 Å². The SMILES string of the molecule is CCCCOC(C)CNc1cc(=O)c1=O. The smallest absolute Gasteiger partial charge is 0.248 e. The zero-order valence-corrected chi connectivity index (χ0v) is 9.21. The fraction of sp³-hybridized carbons (Fsp3) is 0.636. The number of anilines is 1. The zero-order valence-electron chi connectivity index (χ0n) is 9.21. The van der Waals surface area contributed by atoms with Gasteiger partial charge in [0.05, 0.1) is 11.8 Å². The molecule has 0 aromatic heterocycles. The van der Waals surface area contributed by atoms with Gasteiger partial charge in [-0.3, -0.25) is 9.59 Å². The van der Waals surface area contributed by atoms with Gasteiger partial charge in [0.1, 0.15) is 0 Å². The maximum atomic E-state index is 10.9. The van der Waals surface area contributed by atoms with E-state index in [1.807, 2.05) is 6.92 Å². The molecule has 15 heavy (non-hydrogen) atoms. The van der Waals surface area contributed by atoms with Crippen LogP contribution in [0.1, 0.15) is 26.7 Å². The number of rotatable bonds is 7. The Morgan fingerprint density at radius 1 is 1.47 bits per heavy atom. The average molecular weight is 211 g/mol. The summed E-state index contributed by atoms with van der Waals surface area (Å²) in [4.78, 5) is 21.5. The van der Waals surface area contributed by atoms with Gasteiger partial charge in [0, 0.05) is 19.2 Å². The maximum absolute atomic E-state index is 10.9. The van der Waals surface area contributed by atoms with E-state index >= 15 is 0 Å². The molecule has 1 atom stereocenters. The van der Waals surface area contributed by atoms with E-state index in [1.165, 1.54) is 6.07 Å². The van der Waals surface area contributed by atoms with Crippen LogP contribution in [0.2, 0.25) is 0 Å². The first-order valence-corrected chi connectivity index (χ1v) is 5.31. The molecule has 84 valence electrons. The molecule has 0 bridgehead atoms. The third kappa shape index (κ3) is 3.47. The van der Waals surface area contributed by atoms with Gasteiger partial charge in [-0.25, -0.2) is 0 Å². The lowest BCUT2D eigenvalue weighted by molar-refractivity contribution is 0.0726. The Hall–Kier alpha value is -1.16. The van der Waals surface area contributed by atoms with Gasteiger partial charge in [-0.2, -0.15) is 0 Å². The monoisotopic (exact) mass is 211 g/mol. The third-order valence-corrected chi connectivity index (χ3v) is 2.22. The summed E-state index contributed by atoms with van der Waals surface area (Å²) in [5.74, 6) is 0. The van der Waals surface area contributed by atoms with E-state index in [0.29, 0.717) is 12.2 Å². The molecule has 1 rings (SSSR count). The molecule has 0 amide bonds. The van der Waals surface area contributed by atoms with E-state index in [0.717, 1.165) is 19.4 Å². The second-order valence-electron chi connectivity index (χ2n) is 3.67. The lowest BCUT2D eigenvalue weighted by Crippen LogP contribution is -2.34. The molecule has 0 saturated heterocycles. The van der Waals surface area contributed by atoms with Gasteiger partial charge in [-0.15, -0.1) is 0 Å². The fourth-order valence-corrected chi connectivity index (χ4v) is 1.19. The minimum Gasteiger partial charge on any atom is -0.379 e. The largest absolute Gasteiger partial charge is 0.379 e. The van der Waals surface area contributed by atoms with Gasteiger partial charge >= 0.3 is 0 Å². The van der Waals surface area contributed by atoms with Crippen LogP contribution in [0.4, 0.5) is 5.69 Å². The van der Waals surface area contributed by atoms with Crippen LogP contribution in [0, 0.1) is 0 Å². The topological polar surface area (TPSA) is 55.4 Å². The molecule has 0 aliphatic rings. The average Bonchev–Trinajstić information content (AvgIpc) is 2.24. The van der Waals surface area contributed by atoms with Crippen molar-refractivity contribution in [3.05, 3.63) is 26.5 Å². The van der Waals surface area contributed by atoms with Crippen LogP contribution in [-0.2, 0) is 4.74 Å². The molecule has 1 N–H and O–H groups in total. The van der Waals surface area contributed by atoms with Crippen LogP contribution in [0.3, 0.4) is 0 Å². The fourth-order valence-electron chi connectivity index (χ4n) is 1.19. The molecule has 4 heteroatoms. The summed E-state index contributed by atoms with van der Waals surface area (Å²) < 4.78 is 5.48. The molecule has 0 heterocycles. The molecular weight excluding hydrogens is 194 g/mol. The summed E-state index contributed by atoms with van der Waals surface area (Å²) in [5.41, 5.74) is -0.432. The Kier molecular flexibility index (Phi) is 4.49. The van der Waals surface area contributed by atoms with E-state index in [4.69, 9.17) is 4.74 Å². The van der Waals surface area contributed by atoms with Crippen molar-refractivity contribution in [2.75, 3.05) is 18.5 Å². The lowest BCUT2D eigenvalue weighted by Gasteiger charge is -2.14. The predicted molar refractivity (Wildman–Crippen MR) is 60.2 cm³/mol. The highest BCUT2D eigenvalue weighted by Gasteiger charge is 2.09. The van der Waals surface area contributed by atoms with E-state index in [-0.39, 0.29) is 6.10 Å². The van der Waals surface area contributed by atoms with Crippen molar-refractivity contribution >= 4 is 5.69 Å². The molecule has 1 aromatic carbocycles. The Morgan fingerprint density at radius 3 is 2.73 bits per heavy atom. The Labute approximate surface area is 89.0 Å². The molecule has 0 aliphatic carbocycles. The van der Waals surface area contributed by atoms with Crippen LogP contribution in [0.25, 0.3) is 0 Å². The summed E-state index contributed by atoms with van der Waals surface area (Å²) in [5, 5.41) is 2.89. The van der Waals surface area contributed by atoms with Gasteiger partial charge in [0.25, 0.3) is 0 Å². The standard InChI is InChI=1S/C11H17NO3/c1-3-4-5-15-8(2)7-12-9-6-10(13)11(9)14/h6,8,12H,3-5,7H2,1-2H3. The molecule has 1 unspecified atom stereocenters. The molecule has 4 nitrogen and oxygen atoms in total. The number of hydrogen-bond donors (Lipinski definition) is 1. The van der Waals surface area contributed by atoms with E-state index in [9.17, 15) is 9.59 Å². The summed E-state index contributed by atoms with van der Waals surface area (Å²) in [7, 11) is 0. The van der Waals surface area contributed by atoms with Crippen molar-refractivity contribution in [2.45, 2.75) is 32.8 Å².